The summed E-state index contributed by atoms with van der Waals surface area (Å²) in [4.78, 5) is 5.15. The number of fused-ring (bicyclic) bond motifs is 5. The van der Waals surface area contributed by atoms with Crippen LogP contribution >= 0.6 is 0 Å². The molecule has 1 heterocycles. The molecule has 10 rings (SSSR count). The summed E-state index contributed by atoms with van der Waals surface area (Å²) < 4.78 is 2.39. The van der Waals surface area contributed by atoms with Crippen molar-refractivity contribution in [3.63, 3.8) is 0 Å². The number of rotatable bonds is 12. The molecule has 1 N–H and O–H groups in total. The van der Waals surface area contributed by atoms with Crippen LogP contribution in [-0.4, -0.2) is 10.8 Å². The highest BCUT2D eigenvalue weighted by atomic mass is 15.0. The van der Waals surface area contributed by atoms with Crippen LogP contribution in [0, 0.1) is 0 Å². The molecule has 0 aliphatic carbocycles. The van der Waals surface area contributed by atoms with Gasteiger partial charge in [0.2, 0.25) is 0 Å². The minimum atomic E-state index is 0.810. The molecule has 0 saturated carbocycles. The van der Waals surface area contributed by atoms with Crippen molar-refractivity contribution < 1.29 is 0 Å². The molecule has 10 aromatic rings. The van der Waals surface area contributed by atoms with E-state index in [-0.39, 0.29) is 0 Å². The van der Waals surface area contributed by atoms with Gasteiger partial charge in [-0.05, 0) is 124 Å². The highest BCUT2D eigenvalue weighted by Gasteiger charge is 2.19. The molecular formula is C69H63N3. The Kier molecular flexibility index (Phi) is 18.0. The van der Waals surface area contributed by atoms with Gasteiger partial charge < -0.3 is 9.88 Å². The second kappa shape index (κ2) is 25.5. The molecule has 72 heavy (non-hydrogen) atoms. The van der Waals surface area contributed by atoms with E-state index < -0.39 is 0 Å². The fourth-order valence-electron chi connectivity index (χ4n) is 8.52. The maximum absolute atomic E-state index is 5.15. The molecule has 9 aromatic carbocycles. The van der Waals surface area contributed by atoms with E-state index in [4.69, 9.17) is 4.99 Å². The van der Waals surface area contributed by atoms with Crippen LogP contribution in [0.15, 0.2) is 291 Å². The predicted octanol–water partition coefficient (Wildman–Crippen LogP) is 19.9. The van der Waals surface area contributed by atoms with Gasteiger partial charge in [-0.3, -0.25) is 4.99 Å². The van der Waals surface area contributed by atoms with Crippen molar-refractivity contribution >= 4 is 66.5 Å². The van der Waals surface area contributed by atoms with Gasteiger partial charge in [-0.25, -0.2) is 0 Å². The van der Waals surface area contributed by atoms with Crippen LogP contribution < -0.4 is 5.32 Å². The van der Waals surface area contributed by atoms with Crippen molar-refractivity contribution in [2.75, 3.05) is 5.32 Å². The van der Waals surface area contributed by atoms with E-state index >= 15 is 0 Å². The zero-order chi connectivity index (χ0) is 50.7. The van der Waals surface area contributed by atoms with Crippen LogP contribution in [0.5, 0.6) is 0 Å². The quantitative estimate of drug-likeness (QED) is 0.0960. The topological polar surface area (TPSA) is 29.3 Å². The summed E-state index contributed by atoms with van der Waals surface area (Å²) >= 11 is 0. The van der Waals surface area contributed by atoms with Gasteiger partial charge in [0.1, 0.15) is 0 Å². The molecular weight excluding hydrogens is 871 g/mol. The maximum Gasteiger partial charge on any atom is 0.0715 e. The van der Waals surface area contributed by atoms with Crippen LogP contribution in [0.3, 0.4) is 0 Å². The summed E-state index contributed by atoms with van der Waals surface area (Å²) in [5.41, 5.74) is 14.3. The molecule has 0 bridgehead atoms. The third kappa shape index (κ3) is 12.6. The van der Waals surface area contributed by atoms with E-state index in [9.17, 15) is 0 Å². The first kappa shape index (κ1) is 50.8. The number of benzene rings is 9. The van der Waals surface area contributed by atoms with E-state index in [2.05, 4.69) is 249 Å². The number of para-hydroxylation sites is 1. The summed E-state index contributed by atoms with van der Waals surface area (Å²) in [6.07, 6.45) is 15.5. The molecule has 0 aliphatic rings. The Labute approximate surface area is 426 Å². The van der Waals surface area contributed by atoms with E-state index in [0.717, 1.165) is 56.1 Å². The minimum absolute atomic E-state index is 0.810. The van der Waals surface area contributed by atoms with Gasteiger partial charge in [-0.1, -0.05) is 234 Å². The Hall–Kier alpha value is -9.05. The average Bonchev–Trinajstić information content (AvgIpc) is 3.77. The number of allylic oxidation sites excluding steroid dienone is 9. The van der Waals surface area contributed by atoms with E-state index in [0.29, 0.717) is 0 Å². The third-order valence-corrected chi connectivity index (χ3v) is 11.8. The first-order chi connectivity index (χ1) is 35.3. The van der Waals surface area contributed by atoms with Gasteiger partial charge >= 0.3 is 0 Å². The Bertz CT molecular complexity index is 3600. The lowest BCUT2D eigenvalue weighted by molar-refractivity contribution is 1.19. The van der Waals surface area contributed by atoms with Gasteiger partial charge in [0.15, 0.2) is 0 Å². The molecule has 0 amide bonds. The fourth-order valence-corrected chi connectivity index (χ4v) is 8.52. The minimum Gasteiger partial charge on any atom is -0.356 e. The number of hydrogen-bond acceptors (Lipinski definition) is 2. The molecule has 0 saturated heterocycles. The van der Waals surface area contributed by atoms with Gasteiger partial charge in [0, 0.05) is 39.6 Å². The summed E-state index contributed by atoms with van der Waals surface area (Å²) in [5, 5.41) is 10.5. The zero-order valence-corrected chi connectivity index (χ0v) is 42.0. The molecule has 1 aromatic heterocycles. The monoisotopic (exact) mass is 934 g/mol. The lowest BCUT2D eigenvalue weighted by Crippen LogP contribution is -1.94. The largest absolute Gasteiger partial charge is 0.356 e. The molecule has 0 fully saturated rings. The number of nitrogens with one attached hydrogen (secondary N) is 1. The molecule has 3 heteroatoms. The SMILES string of the molecule is C/C=C\C(=C/C=Nc1ccc2c(c1-c1ccccc1)c1ccccc1n2-c1ccc2ccccc2c1)c1cccc(-c2ccccc2)c1.C=C/C=C\C(=C)C.C=CC(=C)Nc1ccc2ccccc2c1.CC. The lowest BCUT2D eigenvalue weighted by atomic mass is 9.97. The van der Waals surface area contributed by atoms with E-state index in [1.807, 2.05) is 57.3 Å². The third-order valence-electron chi connectivity index (χ3n) is 11.8. The standard InChI is InChI=1S/C46H34N2.C14H13N.C7H10.C2H6/c1-2-14-33(37-21-13-22-38(31-37)34-15-5-3-6-16-34)29-30-47-42-27-28-44-46(45(42)36-18-7-4-8-19-36)41-23-11-12-24-43(41)48(44)40-26-25-35-17-9-10-20-39(35)32-40;1-3-11(2)15-14-9-8-12-6-4-5-7-13(12)10-14;1-4-5-6-7(2)3;1-2/h2-32H,1H3;3-10,15H,1-2H2;4-6H,1-2H2,3H3;1-2H3/b14-2-,33-29+,47-30?;;6-5-;. The molecule has 354 valence electrons. The van der Waals surface area contributed by atoms with Crippen molar-refractivity contribution in [1.29, 1.82) is 0 Å². The van der Waals surface area contributed by atoms with Crippen molar-refractivity contribution in [1.82, 2.24) is 4.57 Å². The summed E-state index contributed by atoms with van der Waals surface area (Å²) in [5.74, 6) is 0. The Morgan fingerprint density at radius 2 is 1.17 bits per heavy atom. The van der Waals surface area contributed by atoms with Crippen molar-refractivity contribution in [3.8, 4) is 27.9 Å². The second-order valence-electron chi connectivity index (χ2n) is 16.8. The number of aliphatic imine (C=N–C) groups is 1. The zero-order valence-electron chi connectivity index (χ0n) is 42.0. The van der Waals surface area contributed by atoms with Crippen LogP contribution in [0.4, 0.5) is 11.4 Å². The van der Waals surface area contributed by atoms with Gasteiger partial charge in [-0.15, -0.1) is 0 Å². The summed E-state index contributed by atoms with van der Waals surface area (Å²) in [6, 6.07) is 72.7. The highest BCUT2D eigenvalue weighted by molar-refractivity contribution is 6.18. The number of hydrogen-bond donors (Lipinski definition) is 1. The predicted molar refractivity (Wildman–Crippen MR) is 319 cm³/mol. The van der Waals surface area contributed by atoms with Crippen molar-refractivity contribution in [2.45, 2.75) is 27.7 Å². The average molecular weight is 934 g/mol. The maximum atomic E-state index is 5.15. The van der Waals surface area contributed by atoms with E-state index in [1.54, 1.807) is 12.2 Å². The van der Waals surface area contributed by atoms with Gasteiger partial charge in [-0.2, -0.15) is 0 Å². The van der Waals surface area contributed by atoms with Crippen LogP contribution in [0.25, 0.3) is 76.9 Å². The molecule has 0 radical (unpaired) electrons. The molecule has 0 aliphatic heterocycles. The van der Waals surface area contributed by atoms with Crippen molar-refractivity contribution in [2.24, 2.45) is 4.99 Å². The Morgan fingerprint density at radius 3 is 1.82 bits per heavy atom. The molecule has 0 unspecified atom stereocenters. The number of nitrogens with zero attached hydrogens (tertiary/aromatic N) is 2. The number of aromatic nitrogens is 1. The second-order valence-corrected chi connectivity index (χ2v) is 16.8. The van der Waals surface area contributed by atoms with Crippen molar-refractivity contribution in [3.05, 3.63) is 292 Å². The molecule has 0 atom stereocenters. The van der Waals surface area contributed by atoms with Crippen LogP contribution in [0.2, 0.25) is 0 Å². The Balaban J connectivity index is 0.000000261. The summed E-state index contributed by atoms with van der Waals surface area (Å²) in [6.45, 7) is 22.6. The smallest absolute Gasteiger partial charge is 0.0715 e. The highest BCUT2D eigenvalue weighted by Crippen LogP contribution is 2.43. The van der Waals surface area contributed by atoms with Gasteiger partial charge in [0.25, 0.3) is 0 Å². The number of anilines is 1. The normalized spacial score (nSPS) is 11.2. The molecule has 0 spiro atoms. The Morgan fingerprint density at radius 1 is 0.556 bits per heavy atom. The van der Waals surface area contributed by atoms with E-state index in [1.165, 1.54) is 49.0 Å². The lowest BCUT2D eigenvalue weighted by Gasteiger charge is -2.12. The molecule has 3 nitrogen and oxygen atoms in total. The van der Waals surface area contributed by atoms with Gasteiger partial charge in [0.05, 0.1) is 16.7 Å². The van der Waals surface area contributed by atoms with Crippen LogP contribution in [-0.2, 0) is 0 Å². The first-order valence-corrected chi connectivity index (χ1v) is 24.5. The van der Waals surface area contributed by atoms with Crippen LogP contribution in [0.1, 0.15) is 33.3 Å². The fraction of sp³-hybridized carbons (Fsp3) is 0.0580. The summed E-state index contributed by atoms with van der Waals surface area (Å²) in [7, 11) is 0. The first-order valence-electron chi connectivity index (χ1n) is 24.5.